The van der Waals surface area contributed by atoms with Gasteiger partial charge in [0.2, 0.25) is 0 Å². The average Bonchev–Trinajstić information content (AvgIpc) is 2.76. The van der Waals surface area contributed by atoms with Gasteiger partial charge in [-0.25, -0.2) is 0 Å². The molecule has 0 saturated carbocycles. The first-order valence-electron chi connectivity index (χ1n) is 10.2. The summed E-state index contributed by atoms with van der Waals surface area (Å²) in [6.45, 7) is 2.22. The molecule has 4 heteroatoms. The van der Waals surface area contributed by atoms with E-state index >= 15 is 0 Å². The molecule has 150 valence electrons. The van der Waals surface area contributed by atoms with Gasteiger partial charge >= 0.3 is 5.97 Å². The van der Waals surface area contributed by atoms with Crippen molar-refractivity contribution in [2.24, 2.45) is 0 Å². The molecule has 3 aromatic carbocycles. The van der Waals surface area contributed by atoms with Crippen molar-refractivity contribution < 1.29 is 14.3 Å². The van der Waals surface area contributed by atoms with E-state index in [1.54, 1.807) is 0 Å². The fourth-order valence-corrected chi connectivity index (χ4v) is 3.43. The Morgan fingerprint density at radius 2 is 1.62 bits per heavy atom. The molecule has 3 aromatic rings. The van der Waals surface area contributed by atoms with Crippen LogP contribution in [0.15, 0.2) is 72.8 Å². The second kappa shape index (κ2) is 10.4. The van der Waals surface area contributed by atoms with Gasteiger partial charge in [0, 0.05) is 12.0 Å². The topological polar surface area (TPSA) is 55.4 Å². The third-order valence-electron chi connectivity index (χ3n) is 4.95. The summed E-state index contributed by atoms with van der Waals surface area (Å²) in [4.78, 5) is 24.3. The highest BCUT2D eigenvalue weighted by Gasteiger charge is 2.16. The first-order valence-corrected chi connectivity index (χ1v) is 10.2. The van der Waals surface area contributed by atoms with Crippen LogP contribution in [-0.2, 0) is 9.53 Å². The Morgan fingerprint density at radius 1 is 0.897 bits per heavy atom. The van der Waals surface area contributed by atoms with E-state index in [1.807, 2.05) is 49.4 Å². The molecule has 4 nitrogen and oxygen atoms in total. The number of unbranched alkanes of at least 4 members (excludes halogenated alkanes) is 1. The summed E-state index contributed by atoms with van der Waals surface area (Å²) in [5.41, 5.74) is 1.72. The number of carbonyl (C=O) groups excluding carboxylic acids is 2. The minimum Gasteiger partial charge on any atom is -0.466 e. The molecular formula is C25H27NO3. The van der Waals surface area contributed by atoms with E-state index in [1.165, 1.54) is 5.39 Å². The zero-order chi connectivity index (χ0) is 20.5. The van der Waals surface area contributed by atoms with E-state index in [4.69, 9.17) is 4.74 Å². The Bertz CT molecular complexity index is 952. The van der Waals surface area contributed by atoms with Crippen molar-refractivity contribution in [2.45, 2.75) is 38.6 Å². The van der Waals surface area contributed by atoms with Crippen LogP contribution in [0.3, 0.4) is 0 Å². The van der Waals surface area contributed by atoms with E-state index in [-0.39, 0.29) is 17.9 Å². The van der Waals surface area contributed by atoms with Crippen LogP contribution in [-0.4, -0.2) is 18.5 Å². The summed E-state index contributed by atoms with van der Waals surface area (Å²) in [5, 5.41) is 5.49. The Kier molecular flexibility index (Phi) is 7.40. The number of esters is 1. The molecule has 0 aliphatic rings. The average molecular weight is 389 g/mol. The molecule has 1 atom stereocenters. The van der Waals surface area contributed by atoms with Gasteiger partial charge in [-0.1, -0.05) is 61.0 Å². The molecule has 0 aliphatic carbocycles. The Balaban J connectivity index is 1.73. The fraction of sp³-hybridized carbons (Fsp3) is 0.280. The Hall–Kier alpha value is -3.14. The smallest absolute Gasteiger partial charge is 0.305 e. The van der Waals surface area contributed by atoms with Crippen LogP contribution in [0.2, 0.25) is 0 Å². The lowest BCUT2D eigenvalue weighted by Crippen LogP contribution is -2.28. The van der Waals surface area contributed by atoms with Crippen molar-refractivity contribution in [3.05, 3.63) is 83.9 Å². The van der Waals surface area contributed by atoms with Gasteiger partial charge in [0.1, 0.15) is 0 Å². The van der Waals surface area contributed by atoms with Gasteiger partial charge < -0.3 is 10.1 Å². The molecule has 0 fully saturated rings. The molecule has 0 aliphatic heterocycles. The summed E-state index contributed by atoms with van der Waals surface area (Å²) < 4.78 is 5.00. The van der Waals surface area contributed by atoms with Crippen molar-refractivity contribution in [2.75, 3.05) is 6.61 Å². The van der Waals surface area contributed by atoms with Crippen LogP contribution in [0.5, 0.6) is 0 Å². The summed E-state index contributed by atoms with van der Waals surface area (Å²) in [6.07, 6.45) is 2.73. The van der Waals surface area contributed by atoms with Crippen LogP contribution in [0, 0.1) is 0 Å². The zero-order valence-corrected chi connectivity index (χ0v) is 16.8. The molecule has 0 bridgehead atoms. The lowest BCUT2D eigenvalue weighted by molar-refractivity contribution is -0.143. The lowest BCUT2D eigenvalue weighted by Gasteiger charge is -2.20. The summed E-state index contributed by atoms with van der Waals surface area (Å²) >= 11 is 0. The Labute approximate surface area is 171 Å². The van der Waals surface area contributed by atoms with Crippen LogP contribution < -0.4 is 5.32 Å². The minimum atomic E-state index is -0.164. The number of benzene rings is 3. The first kappa shape index (κ1) is 20.6. The van der Waals surface area contributed by atoms with Crippen molar-refractivity contribution >= 4 is 22.6 Å². The van der Waals surface area contributed by atoms with Gasteiger partial charge in [0.05, 0.1) is 12.6 Å². The van der Waals surface area contributed by atoms with Crippen molar-refractivity contribution in [1.29, 1.82) is 0 Å². The third-order valence-corrected chi connectivity index (χ3v) is 4.95. The summed E-state index contributed by atoms with van der Waals surface area (Å²) in [7, 11) is 0. The third kappa shape index (κ3) is 5.92. The molecule has 29 heavy (non-hydrogen) atoms. The van der Waals surface area contributed by atoms with Crippen molar-refractivity contribution in [3.8, 4) is 0 Å². The predicted octanol–water partition coefficient (Wildman–Crippen LogP) is 5.43. The number of amides is 1. The SMILES string of the molecule is CCOC(=O)CCCCC(NC(=O)c1ccccc1)c1ccc2ccccc2c1. The number of hydrogen-bond donors (Lipinski definition) is 1. The van der Waals surface area contributed by atoms with Gasteiger partial charge in [0.15, 0.2) is 0 Å². The number of rotatable bonds is 9. The van der Waals surface area contributed by atoms with Crippen molar-refractivity contribution in [1.82, 2.24) is 5.32 Å². The van der Waals surface area contributed by atoms with E-state index in [0.29, 0.717) is 18.6 Å². The van der Waals surface area contributed by atoms with E-state index in [0.717, 1.165) is 30.2 Å². The van der Waals surface area contributed by atoms with Crippen LogP contribution >= 0.6 is 0 Å². The summed E-state index contributed by atoms with van der Waals surface area (Å²) in [6, 6.07) is 23.6. The van der Waals surface area contributed by atoms with Gasteiger partial charge in [-0.3, -0.25) is 9.59 Å². The molecule has 1 N–H and O–H groups in total. The Morgan fingerprint density at radius 3 is 2.38 bits per heavy atom. The molecule has 0 spiro atoms. The fourth-order valence-electron chi connectivity index (χ4n) is 3.43. The number of fused-ring (bicyclic) bond motifs is 1. The number of carbonyl (C=O) groups is 2. The summed E-state index contributed by atoms with van der Waals surface area (Å²) in [5.74, 6) is -0.253. The molecular weight excluding hydrogens is 362 g/mol. The molecule has 0 aromatic heterocycles. The molecule has 0 saturated heterocycles. The largest absolute Gasteiger partial charge is 0.466 e. The maximum atomic E-state index is 12.7. The van der Waals surface area contributed by atoms with Crippen LogP contribution in [0.4, 0.5) is 0 Å². The second-order valence-electron chi connectivity index (χ2n) is 7.05. The second-order valence-corrected chi connectivity index (χ2v) is 7.05. The molecule has 3 rings (SSSR count). The van der Waals surface area contributed by atoms with Crippen LogP contribution in [0.1, 0.15) is 54.6 Å². The van der Waals surface area contributed by atoms with Gasteiger partial charge in [-0.05, 0) is 54.3 Å². The number of ether oxygens (including phenoxy) is 1. The highest BCUT2D eigenvalue weighted by Crippen LogP contribution is 2.25. The molecule has 0 radical (unpaired) electrons. The van der Waals surface area contributed by atoms with E-state index < -0.39 is 0 Å². The maximum absolute atomic E-state index is 12.7. The standard InChI is InChI=1S/C25H27NO3/c1-2-29-24(27)15-9-8-14-23(26-25(28)20-11-4-3-5-12-20)22-17-16-19-10-6-7-13-21(19)18-22/h3-7,10-13,16-18,23H,2,8-9,14-15H2,1H3,(H,26,28). The zero-order valence-electron chi connectivity index (χ0n) is 16.8. The lowest BCUT2D eigenvalue weighted by atomic mass is 9.97. The minimum absolute atomic E-state index is 0.0887. The first-order chi connectivity index (χ1) is 14.2. The number of hydrogen-bond acceptors (Lipinski definition) is 3. The van der Waals surface area contributed by atoms with Gasteiger partial charge in [0.25, 0.3) is 5.91 Å². The van der Waals surface area contributed by atoms with Crippen molar-refractivity contribution in [3.63, 3.8) is 0 Å². The van der Waals surface area contributed by atoms with Crippen LogP contribution in [0.25, 0.3) is 10.8 Å². The van der Waals surface area contributed by atoms with E-state index in [9.17, 15) is 9.59 Å². The molecule has 1 amide bonds. The molecule has 0 heterocycles. The monoisotopic (exact) mass is 389 g/mol. The quantitative estimate of drug-likeness (QED) is 0.392. The molecule has 1 unspecified atom stereocenters. The normalized spacial score (nSPS) is 11.8. The highest BCUT2D eigenvalue weighted by atomic mass is 16.5. The van der Waals surface area contributed by atoms with Gasteiger partial charge in [-0.2, -0.15) is 0 Å². The van der Waals surface area contributed by atoms with Gasteiger partial charge in [-0.15, -0.1) is 0 Å². The van der Waals surface area contributed by atoms with E-state index in [2.05, 4.69) is 35.6 Å². The highest BCUT2D eigenvalue weighted by molar-refractivity contribution is 5.94. The predicted molar refractivity (Wildman–Crippen MR) is 116 cm³/mol. The number of nitrogens with one attached hydrogen (secondary N) is 1. The maximum Gasteiger partial charge on any atom is 0.305 e.